The van der Waals surface area contributed by atoms with Gasteiger partial charge < -0.3 is 19.5 Å². The van der Waals surface area contributed by atoms with Gasteiger partial charge in [-0.25, -0.2) is 4.39 Å². The average molecular weight is 400 g/mol. The minimum absolute atomic E-state index is 0.206. The summed E-state index contributed by atoms with van der Waals surface area (Å²) in [5, 5.41) is 10.4. The molecule has 1 N–H and O–H groups in total. The Hall–Kier alpha value is -2.57. The number of piperazine rings is 1. The topological polar surface area (TPSA) is 45.2 Å². The number of benzene rings is 2. The highest BCUT2D eigenvalue weighted by molar-refractivity contribution is 5.55. The molecule has 0 unspecified atom stereocenters. The van der Waals surface area contributed by atoms with Crippen molar-refractivity contribution in [1.29, 1.82) is 0 Å². The van der Waals surface area contributed by atoms with Crippen LogP contribution in [0.3, 0.4) is 0 Å². The summed E-state index contributed by atoms with van der Waals surface area (Å²) in [4.78, 5) is 4.45. The number of hydrogen-bond acceptors (Lipinski definition) is 5. The zero-order valence-electron chi connectivity index (χ0n) is 17.1. The van der Waals surface area contributed by atoms with Crippen LogP contribution >= 0.6 is 0 Å². The quantitative estimate of drug-likeness (QED) is 0.736. The van der Waals surface area contributed by atoms with E-state index in [1.807, 2.05) is 49.4 Å². The molecule has 2 aromatic rings. The van der Waals surface area contributed by atoms with Crippen LogP contribution < -0.4 is 14.4 Å². The number of halogens is 1. The van der Waals surface area contributed by atoms with Gasteiger partial charge in [0.15, 0.2) is 11.5 Å². The minimum atomic E-state index is -0.590. The number of allylic oxidation sites excluding steroid dienone is 1. The van der Waals surface area contributed by atoms with Gasteiger partial charge >= 0.3 is 0 Å². The van der Waals surface area contributed by atoms with E-state index in [1.54, 1.807) is 7.11 Å². The van der Waals surface area contributed by atoms with Gasteiger partial charge in [0, 0.05) is 38.4 Å². The predicted molar refractivity (Wildman–Crippen MR) is 114 cm³/mol. The maximum absolute atomic E-state index is 13.1. The zero-order chi connectivity index (χ0) is 20.6. The van der Waals surface area contributed by atoms with Crippen LogP contribution in [-0.4, -0.2) is 62.6 Å². The van der Waals surface area contributed by atoms with Crippen molar-refractivity contribution < 1.29 is 19.0 Å². The average Bonchev–Trinajstić information content (AvgIpc) is 2.74. The fourth-order valence-corrected chi connectivity index (χ4v) is 3.48. The molecule has 156 valence electrons. The number of rotatable bonds is 8. The Morgan fingerprint density at radius 1 is 1.07 bits per heavy atom. The SMILES string of the molecule is C/C=C/c1ccc(OC[C@H](O)CN2CCN(c3ccc(F)cc3)CC2)c(OC)c1. The van der Waals surface area contributed by atoms with Crippen molar-refractivity contribution in [3.63, 3.8) is 0 Å². The minimum Gasteiger partial charge on any atom is -0.493 e. The predicted octanol–water partition coefficient (Wildman–Crippen LogP) is 3.43. The molecule has 29 heavy (non-hydrogen) atoms. The maximum atomic E-state index is 13.1. The van der Waals surface area contributed by atoms with Crippen molar-refractivity contribution in [2.75, 3.05) is 51.3 Å². The van der Waals surface area contributed by atoms with E-state index in [1.165, 1.54) is 12.1 Å². The standard InChI is InChI=1S/C23H29FN2O3/c1-3-4-18-5-10-22(23(15-18)28-2)29-17-21(27)16-25-11-13-26(14-12-25)20-8-6-19(24)7-9-20/h3-10,15,21,27H,11-14,16-17H2,1-2H3/b4-3+/t21-/m1/s1. The lowest BCUT2D eigenvalue weighted by Crippen LogP contribution is -2.49. The van der Waals surface area contributed by atoms with Crippen molar-refractivity contribution >= 4 is 11.8 Å². The van der Waals surface area contributed by atoms with E-state index in [0.717, 1.165) is 37.4 Å². The highest BCUT2D eigenvalue weighted by Crippen LogP contribution is 2.28. The number of aliphatic hydroxyl groups is 1. The molecule has 0 saturated carbocycles. The number of hydrogen-bond donors (Lipinski definition) is 1. The van der Waals surface area contributed by atoms with E-state index in [0.29, 0.717) is 18.0 Å². The van der Waals surface area contributed by atoms with Gasteiger partial charge in [-0.1, -0.05) is 18.2 Å². The summed E-state index contributed by atoms with van der Waals surface area (Å²) in [6.07, 6.45) is 3.37. The fraction of sp³-hybridized carbons (Fsp3) is 0.391. The lowest BCUT2D eigenvalue weighted by Gasteiger charge is -2.36. The molecule has 2 aromatic carbocycles. The molecule has 1 aliphatic rings. The van der Waals surface area contributed by atoms with E-state index in [4.69, 9.17) is 9.47 Å². The van der Waals surface area contributed by atoms with E-state index >= 15 is 0 Å². The van der Waals surface area contributed by atoms with Crippen LogP contribution in [0.1, 0.15) is 12.5 Å². The number of β-amino-alcohol motifs (C(OH)–C–C–N with tert-alkyl or cyclic N) is 1. The van der Waals surface area contributed by atoms with Gasteiger partial charge in [-0.05, 0) is 48.9 Å². The molecule has 1 fully saturated rings. The van der Waals surface area contributed by atoms with Crippen molar-refractivity contribution in [2.45, 2.75) is 13.0 Å². The highest BCUT2D eigenvalue weighted by atomic mass is 19.1. The first-order chi connectivity index (χ1) is 14.1. The fourth-order valence-electron chi connectivity index (χ4n) is 3.48. The maximum Gasteiger partial charge on any atom is 0.161 e. The molecule has 1 aliphatic heterocycles. The Kier molecular flexibility index (Phi) is 7.49. The van der Waals surface area contributed by atoms with Crippen molar-refractivity contribution in [3.05, 3.63) is 59.9 Å². The summed E-state index contributed by atoms with van der Waals surface area (Å²) < 4.78 is 24.3. The number of methoxy groups -OCH3 is 1. The zero-order valence-corrected chi connectivity index (χ0v) is 17.1. The Labute approximate surface area is 172 Å². The van der Waals surface area contributed by atoms with Crippen LogP contribution in [0, 0.1) is 5.82 Å². The van der Waals surface area contributed by atoms with Gasteiger partial charge in [0.25, 0.3) is 0 Å². The molecule has 6 heteroatoms. The number of anilines is 1. The van der Waals surface area contributed by atoms with Gasteiger partial charge in [0.05, 0.1) is 7.11 Å². The summed E-state index contributed by atoms with van der Waals surface area (Å²) in [7, 11) is 1.61. The van der Waals surface area contributed by atoms with Gasteiger partial charge in [0.2, 0.25) is 0 Å². The van der Waals surface area contributed by atoms with Crippen LogP contribution in [0.15, 0.2) is 48.5 Å². The number of ether oxygens (including phenoxy) is 2. The van der Waals surface area contributed by atoms with Gasteiger partial charge in [-0.2, -0.15) is 0 Å². The summed E-state index contributed by atoms with van der Waals surface area (Å²) in [6, 6.07) is 12.3. The van der Waals surface area contributed by atoms with Gasteiger partial charge in [-0.15, -0.1) is 0 Å². The van der Waals surface area contributed by atoms with Crippen molar-refractivity contribution in [1.82, 2.24) is 4.90 Å². The van der Waals surface area contributed by atoms with Gasteiger partial charge in [0.1, 0.15) is 18.5 Å². The second-order valence-corrected chi connectivity index (χ2v) is 7.14. The normalized spacial score (nSPS) is 16.2. The third-order valence-electron chi connectivity index (χ3n) is 5.01. The van der Waals surface area contributed by atoms with E-state index in [2.05, 4.69) is 9.80 Å². The first kappa shape index (κ1) is 21.1. The molecule has 0 aliphatic carbocycles. The second kappa shape index (κ2) is 10.3. The Balaban J connectivity index is 1.45. The van der Waals surface area contributed by atoms with Crippen LogP contribution in [0.4, 0.5) is 10.1 Å². The Morgan fingerprint density at radius 3 is 2.45 bits per heavy atom. The molecule has 0 amide bonds. The Morgan fingerprint density at radius 2 is 1.79 bits per heavy atom. The largest absolute Gasteiger partial charge is 0.493 e. The monoisotopic (exact) mass is 400 g/mol. The molecule has 0 radical (unpaired) electrons. The summed E-state index contributed by atoms with van der Waals surface area (Å²) >= 11 is 0. The molecule has 1 atom stereocenters. The van der Waals surface area contributed by atoms with Crippen LogP contribution in [0.2, 0.25) is 0 Å². The van der Waals surface area contributed by atoms with E-state index in [-0.39, 0.29) is 12.4 Å². The third kappa shape index (κ3) is 5.95. The summed E-state index contributed by atoms with van der Waals surface area (Å²) in [5.74, 6) is 1.06. The van der Waals surface area contributed by atoms with Crippen LogP contribution in [0.5, 0.6) is 11.5 Å². The molecule has 1 heterocycles. The molecule has 3 rings (SSSR count). The molecule has 1 saturated heterocycles. The molecule has 0 spiro atoms. The molecular formula is C23H29FN2O3. The van der Waals surface area contributed by atoms with Crippen LogP contribution in [-0.2, 0) is 0 Å². The third-order valence-corrected chi connectivity index (χ3v) is 5.01. The molecule has 0 aromatic heterocycles. The summed E-state index contributed by atoms with van der Waals surface area (Å²) in [5.41, 5.74) is 2.07. The van der Waals surface area contributed by atoms with Crippen molar-refractivity contribution in [3.8, 4) is 11.5 Å². The van der Waals surface area contributed by atoms with Crippen molar-refractivity contribution in [2.24, 2.45) is 0 Å². The van der Waals surface area contributed by atoms with E-state index in [9.17, 15) is 9.50 Å². The van der Waals surface area contributed by atoms with Crippen LogP contribution in [0.25, 0.3) is 6.08 Å². The first-order valence-corrected chi connectivity index (χ1v) is 9.93. The number of aliphatic hydroxyl groups excluding tert-OH is 1. The lowest BCUT2D eigenvalue weighted by molar-refractivity contribution is 0.0653. The lowest BCUT2D eigenvalue weighted by atomic mass is 10.2. The van der Waals surface area contributed by atoms with E-state index < -0.39 is 6.10 Å². The molecule has 5 nitrogen and oxygen atoms in total. The molecule has 0 bridgehead atoms. The highest BCUT2D eigenvalue weighted by Gasteiger charge is 2.20. The first-order valence-electron chi connectivity index (χ1n) is 9.93. The second-order valence-electron chi connectivity index (χ2n) is 7.14. The smallest absolute Gasteiger partial charge is 0.161 e. The molecular weight excluding hydrogens is 371 g/mol. The number of nitrogens with zero attached hydrogens (tertiary/aromatic N) is 2. The Bertz CT molecular complexity index is 802. The van der Waals surface area contributed by atoms with Gasteiger partial charge in [-0.3, -0.25) is 4.90 Å². The summed E-state index contributed by atoms with van der Waals surface area (Å²) in [6.45, 7) is 6.10.